The van der Waals surface area contributed by atoms with E-state index in [1.807, 2.05) is 26.2 Å². The second-order valence-corrected chi connectivity index (χ2v) is 14.0. The molecular weight excluding hydrogens is 614 g/mol. The first-order valence-electron chi connectivity index (χ1n) is 20.3. The summed E-state index contributed by atoms with van der Waals surface area (Å²) in [5, 5.41) is 0. The van der Waals surface area contributed by atoms with Crippen LogP contribution < -0.4 is 0 Å². The Morgan fingerprint density at radius 2 is 0.898 bits per heavy atom. The highest BCUT2D eigenvalue weighted by Gasteiger charge is 2.14. The zero-order chi connectivity index (χ0) is 36.0. The second kappa shape index (κ2) is 37.1. The summed E-state index contributed by atoms with van der Waals surface area (Å²) < 4.78 is 16.6. The van der Waals surface area contributed by atoms with Crippen molar-refractivity contribution in [2.45, 2.75) is 193 Å². The zero-order valence-electron chi connectivity index (χ0n) is 32.5. The number of carbonyl (C=O) groups excluding carboxylic acids is 3. The van der Waals surface area contributed by atoms with Crippen LogP contribution in [0.4, 0.5) is 0 Å². The number of nitrogens with zero attached hydrogens (tertiary/aromatic N) is 1. The van der Waals surface area contributed by atoms with Gasteiger partial charge < -0.3 is 19.1 Å². The van der Waals surface area contributed by atoms with E-state index < -0.39 is 0 Å². The molecule has 0 saturated carbocycles. The van der Waals surface area contributed by atoms with Crippen molar-refractivity contribution in [2.24, 2.45) is 0 Å². The average Bonchev–Trinajstić information content (AvgIpc) is 3.07. The molecule has 0 rings (SSSR count). The van der Waals surface area contributed by atoms with Gasteiger partial charge in [0.15, 0.2) is 0 Å². The minimum atomic E-state index is -0.108. The van der Waals surface area contributed by atoms with Gasteiger partial charge in [-0.3, -0.25) is 14.4 Å². The zero-order valence-corrected chi connectivity index (χ0v) is 32.5. The summed E-state index contributed by atoms with van der Waals surface area (Å²) in [6.45, 7) is 6.09. The molecule has 0 spiro atoms. The largest absolute Gasteiger partial charge is 0.462 e. The fourth-order valence-electron chi connectivity index (χ4n) is 5.74. The van der Waals surface area contributed by atoms with Gasteiger partial charge in [-0.2, -0.15) is 0 Å². The summed E-state index contributed by atoms with van der Waals surface area (Å²) >= 11 is 0. The van der Waals surface area contributed by atoms with Crippen molar-refractivity contribution in [1.82, 2.24) is 4.90 Å². The SMILES string of the molecule is CCCCCC/C=C\COC(=O)CCCCCCCC(CCCCCCCC(=O)OC/C=C\CCCCCCC)OC(=O)CCCN(C)C. The molecule has 0 radical (unpaired) electrons. The van der Waals surface area contributed by atoms with Gasteiger partial charge in [0.05, 0.1) is 0 Å². The van der Waals surface area contributed by atoms with E-state index in [4.69, 9.17) is 14.2 Å². The predicted octanol–water partition coefficient (Wildman–Crippen LogP) is 11.2. The van der Waals surface area contributed by atoms with Crippen LogP contribution >= 0.6 is 0 Å². The van der Waals surface area contributed by atoms with E-state index in [1.165, 1.54) is 57.8 Å². The predicted molar refractivity (Wildman–Crippen MR) is 205 cm³/mol. The van der Waals surface area contributed by atoms with Gasteiger partial charge in [-0.15, -0.1) is 0 Å². The third-order valence-corrected chi connectivity index (χ3v) is 8.81. The van der Waals surface area contributed by atoms with E-state index >= 15 is 0 Å². The van der Waals surface area contributed by atoms with E-state index in [2.05, 4.69) is 30.9 Å². The molecular formula is C42H77NO6. The van der Waals surface area contributed by atoms with Crippen molar-refractivity contribution < 1.29 is 28.6 Å². The van der Waals surface area contributed by atoms with Gasteiger partial charge >= 0.3 is 17.9 Å². The maximum Gasteiger partial charge on any atom is 0.306 e. The third-order valence-electron chi connectivity index (χ3n) is 8.81. The number of esters is 3. The molecule has 0 N–H and O–H groups in total. The Kier molecular flexibility index (Phi) is 35.5. The summed E-state index contributed by atoms with van der Waals surface area (Å²) in [6.07, 6.45) is 35.8. The van der Waals surface area contributed by atoms with Gasteiger partial charge in [0.1, 0.15) is 19.3 Å². The van der Waals surface area contributed by atoms with Crippen LogP contribution in [0.15, 0.2) is 24.3 Å². The quantitative estimate of drug-likeness (QED) is 0.0280. The maximum absolute atomic E-state index is 12.5. The maximum atomic E-state index is 12.5. The second-order valence-electron chi connectivity index (χ2n) is 14.0. The van der Waals surface area contributed by atoms with Crippen LogP contribution in [0, 0.1) is 0 Å². The molecule has 0 aliphatic rings. The van der Waals surface area contributed by atoms with E-state index in [0.717, 1.165) is 103 Å². The molecule has 1 unspecified atom stereocenters. The molecule has 1 atom stereocenters. The Morgan fingerprint density at radius 3 is 1.39 bits per heavy atom. The van der Waals surface area contributed by atoms with Crippen molar-refractivity contribution in [1.29, 1.82) is 0 Å². The Morgan fingerprint density at radius 1 is 0.490 bits per heavy atom. The molecule has 0 aliphatic heterocycles. The fourth-order valence-corrected chi connectivity index (χ4v) is 5.74. The van der Waals surface area contributed by atoms with Crippen LogP contribution in [0.2, 0.25) is 0 Å². The number of allylic oxidation sites excluding steroid dienone is 2. The number of ether oxygens (including phenoxy) is 3. The molecule has 0 bridgehead atoms. The molecule has 286 valence electrons. The molecule has 0 heterocycles. The van der Waals surface area contributed by atoms with Gasteiger partial charge in [0.2, 0.25) is 0 Å². The lowest BCUT2D eigenvalue weighted by Crippen LogP contribution is -2.20. The summed E-state index contributed by atoms with van der Waals surface area (Å²) in [6, 6.07) is 0. The topological polar surface area (TPSA) is 82.1 Å². The molecule has 0 saturated heterocycles. The lowest BCUT2D eigenvalue weighted by Gasteiger charge is -2.18. The van der Waals surface area contributed by atoms with Crippen LogP contribution in [0.3, 0.4) is 0 Å². The van der Waals surface area contributed by atoms with E-state index in [9.17, 15) is 14.4 Å². The lowest BCUT2D eigenvalue weighted by molar-refractivity contribution is -0.150. The molecule has 0 amide bonds. The molecule has 0 aromatic carbocycles. The van der Waals surface area contributed by atoms with Gasteiger partial charge in [-0.05, 0) is 91.3 Å². The summed E-state index contributed by atoms with van der Waals surface area (Å²) in [5.74, 6) is -0.301. The van der Waals surface area contributed by atoms with E-state index in [1.54, 1.807) is 0 Å². The number of unbranched alkanes of at least 4 members (excludes halogenated alkanes) is 17. The number of hydrogen-bond acceptors (Lipinski definition) is 7. The fraction of sp³-hybridized carbons (Fsp3) is 0.833. The number of carbonyl (C=O) groups is 3. The first kappa shape index (κ1) is 46.9. The highest BCUT2D eigenvalue weighted by atomic mass is 16.5. The normalized spacial score (nSPS) is 12.3. The van der Waals surface area contributed by atoms with Crippen molar-refractivity contribution in [3.05, 3.63) is 24.3 Å². The number of hydrogen-bond donors (Lipinski definition) is 0. The Balaban J connectivity index is 4.10. The lowest BCUT2D eigenvalue weighted by atomic mass is 10.0. The summed E-state index contributed by atoms with van der Waals surface area (Å²) in [7, 11) is 4.04. The van der Waals surface area contributed by atoms with E-state index in [-0.39, 0.29) is 24.0 Å². The summed E-state index contributed by atoms with van der Waals surface area (Å²) in [4.78, 5) is 38.6. The average molecular weight is 692 g/mol. The first-order chi connectivity index (χ1) is 23.9. The molecule has 0 aliphatic carbocycles. The highest BCUT2D eigenvalue weighted by Crippen LogP contribution is 2.18. The van der Waals surface area contributed by atoms with Crippen LogP contribution in [0.1, 0.15) is 187 Å². The minimum Gasteiger partial charge on any atom is -0.462 e. The van der Waals surface area contributed by atoms with Crippen LogP contribution in [0.5, 0.6) is 0 Å². The Hall–Kier alpha value is -2.15. The first-order valence-corrected chi connectivity index (χ1v) is 20.3. The smallest absolute Gasteiger partial charge is 0.306 e. The van der Waals surface area contributed by atoms with Crippen molar-refractivity contribution >= 4 is 17.9 Å². The molecule has 7 heteroatoms. The minimum absolute atomic E-state index is 0.0269. The van der Waals surface area contributed by atoms with Crippen molar-refractivity contribution in [3.63, 3.8) is 0 Å². The van der Waals surface area contributed by atoms with Crippen molar-refractivity contribution in [3.8, 4) is 0 Å². The van der Waals surface area contributed by atoms with Gasteiger partial charge in [0, 0.05) is 19.3 Å². The molecule has 0 aromatic heterocycles. The van der Waals surface area contributed by atoms with Gasteiger partial charge in [0.25, 0.3) is 0 Å². The van der Waals surface area contributed by atoms with Crippen LogP contribution in [-0.4, -0.2) is 62.8 Å². The Bertz CT molecular complexity index is 824. The van der Waals surface area contributed by atoms with Gasteiger partial charge in [-0.25, -0.2) is 0 Å². The summed E-state index contributed by atoms with van der Waals surface area (Å²) in [5.41, 5.74) is 0. The molecule has 0 aromatic rings. The van der Waals surface area contributed by atoms with Crippen molar-refractivity contribution in [2.75, 3.05) is 33.9 Å². The third kappa shape index (κ3) is 36.9. The standard InChI is InChI=1S/C42H77NO6/c1-5-7-9-11-13-15-23-29-38-48-41(45)34-27-21-17-19-25-32-39(49-42(46)35-30-36-43(3)4)31-24-18-16-20-26-33-40(44)47-37-28-22-14-12-10-8-6-2/h22-23,28-29,39H,5-21,24-27,30-38H2,1-4H3/b28-22-,29-23-. The monoisotopic (exact) mass is 692 g/mol. The van der Waals surface area contributed by atoms with Crippen LogP contribution in [-0.2, 0) is 28.6 Å². The molecule has 7 nitrogen and oxygen atoms in total. The highest BCUT2D eigenvalue weighted by molar-refractivity contribution is 5.70. The number of rotatable bonds is 36. The van der Waals surface area contributed by atoms with Gasteiger partial charge in [-0.1, -0.05) is 122 Å². The van der Waals surface area contributed by atoms with Crippen LogP contribution in [0.25, 0.3) is 0 Å². The Labute approximate surface area is 302 Å². The molecule has 0 fully saturated rings. The van der Waals surface area contributed by atoms with E-state index in [0.29, 0.717) is 32.5 Å². The molecule has 49 heavy (non-hydrogen) atoms.